The first-order chi connectivity index (χ1) is 19.6. The largest absolute Gasteiger partial charge is 0.223 e. The maximum Gasteiger partial charge on any atom is 0.155 e. The van der Waals surface area contributed by atoms with Crippen LogP contribution in [-0.4, -0.2) is 35.0 Å². The van der Waals surface area contributed by atoms with Crippen LogP contribution in [0.2, 0.25) is 0 Å². The Labute approximate surface area is 277 Å². The Kier molecular flexibility index (Phi) is 10.1. The van der Waals surface area contributed by atoms with Crippen LogP contribution in [0.25, 0.3) is 43.0 Å². The van der Waals surface area contributed by atoms with Crippen molar-refractivity contribution >= 4 is 139 Å². The molecule has 12 heteroatoms. The molecule has 2 aromatic carbocycles. The highest BCUT2D eigenvalue weighted by Crippen LogP contribution is 2.57. The van der Waals surface area contributed by atoms with Crippen LogP contribution < -0.4 is 0 Å². The van der Waals surface area contributed by atoms with Gasteiger partial charge in [-0.1, -0.05) is 106 Å². The maximum absolute atomic E-state index is 4.99. The molecule has 4 aromatic rings. The molecule has 0 radical (unpaired) electrons. The molecule has 0 amide bonds. The van der Waals surface area contributed by atoms with Crippen molar-refractivity contribution in [2.75, 3.05) is 25.0 Å². The van der Waals surface area contributed by atoms with Crippen molar-refractivity contribution in [2.45, 2.75) is 0 Å². The van der Waals surface area contributed by atoms with Crippen LogP contribution in [0.4, 0.5) is 0 Å². The molecule has 6 rings (SSSR count). The van der Waals surface area contributed by atoms with E-state index in [1.165, 1.54) is 36.5 Å². The summed E-state index contributed by atoms with van der Waals surface area (Å²) in [6, 6.07) is 17.4. The number of fused-ring (bicyclic) bond motifs is 1. The standard InChI is InChI=1S/C28H22N2S10/c1-31-25-26(32-2)36-19(35-25)13-15-7-5-9-17(11-15)21-29-23-24(39-21)30-22(40-23)18-10-6-8-16(12-18)14-20-37-27(33-3)28(34-4)38-20/h5-14H,1-4H3. The van der Waals surface area contributed by atoms with E-state index in [9.17, 15) is 0 Å². The molecule has 0 atom stereocenters. The third-order valence-electron chi connectivity index (χ3n) is 5.66. The van der Waals surface area contributed by atoms with Gasteiger partial charge >= 0.3 is 0 Å². The SMILES string of the molecule is CSC1=C(SC)SC(=Cc2cccc(-c3nc4sc(-c5cccc(C=C6SC(SC)=C(SC)S6)c5)nc4s3)c2)S1. The van der Waals surface area contributed by atoms with Gasteiger partial charge in [0.2, 0.25) is 0 Å². The molecule has 4 heterocycles. The van der Waals surface area contributed by atoms with Gasteiger partial charge in [-0.15, -0.1) is 47.0 Å². The Balaban J connectivity index is 1.20. The third kappa shape index (κ3) is 6.61. The van der Waals surface area contributed by atoms with Crippen molar-refractivity contribution in [1.29, 1.82) is 0 Å². The predicted octanol–water partition coefficient (Wildman–Crippen LogP) is 12.3. The number of aromatic nitrogens is 2. The smallest absolute Gasteiger partial charge is 0.155 e. The maximum atomic E-state index is 4.99. The van der Waals surface area contributed by atoms with Crippen LogP contribution >= 0.6 is 117 Å². The number of hydrogen-bond acceptors (Lipinski definition) is 12. The average Bonchev–Trinajstić information content (AvgIpc) is 3.75. The van der Waals surface area contributed by atoms with E-state index in [1.54, 1.807) is 22.7 Å². The van der Waals surface area contributed by atoms with Gasteiger partial charge in [-0.2, -0.15) is 0 Å². The Bertz CT molecular complexity index is 1520. The molecule has 0 saturated heterocycles. The Morgan fingerprint density at radius 2 is 0.925 bits per heavy atom. The number of thioether (sulfide) groups is 8. The van der Waals surface area contributed by atoms with Crippen LogP contribution in [0.3, 0.4) is 0 Å². The van der Waals surface area contributed by atoms with Crippen LogP contribution in [0.5, 0.6) is 0 Å². The van der Waals surface area contributed by atoms with Crippen molar-refractivity contribution in [3.63, 3.8) is 0 Å². The Hall–Kier alpha value is -0.280. The van der Waals surface area contributed by atoms with Crippen molar-refractivity contribution in [1.82, 2.24) is 9.97 Å². The molecule has 2 aromatic heterocycles. The normalized spacial score (nSPS) is 15.7. The minimum Gasteiger partial charge on any atom is -0.223 e. The Morgan fingerprint density at radius 3 is 1.27 bits per heavy atom. The summed E-state index contributed by atoms with van der Waals surface area (Å²) in [4.78, 5) is 12.0. The van der Waals surface area contributed by atoms with Crippen LogP contribution in [0.15, 0.2) is 74.0 Å². The van der Waals surface area contributed by atoms with Crippen LogP contribution in [0, 0.1) is 0 Å². The van der Waals surface area contributed by atoms with Gasteiger partial charge < -0.3 is 0 Å². The van der Waals surface area contributed by atoms with Crippen molar-refractivity contribution in [2.24, 2.45) is 0 Å². The van der Waals surface area contributed by atoms with E-state index in [1.807, 2.05) is 94.1 Å². The van der Waals surface area contributed by atoms with Gasteiger partial charge in [0.05, 0.1) is 25.4 Å². The lowest BCUT2D eigenvalue weighted by Crippen LogP contribution is -1.79. The van der Waals surface area contributed by atoms with Crippen molar-refractivity contribution in [3.05, 3.63) is 85.1 Å². The third-order valence-corrected chi connectivity index (χ3v) is 18.0. The second-order valence-electron chi connectivity index (χ2n) is 8.20. The molecule has 204 valence electrons. The van der Waals surface area contributed by atoms with Gasteiger partial charge in [0.25, 0.3) is 0 Å². The molecule has 2 nitrogen and oxygen atoms in total. The topological polar surface area (TPSA) is 25.8 Å². The summed E-state index contributed by atoms with van der Waals surface area (Å²) in [5.74, 6) is 0. The van der Waals surface area contributed by atoms with Gasteiger partial charge in [0.1, 0.15) is 10.0 Å². The lowest BCUT2D eigenvalue weighted by Gasteiger charge is -2.01. The molecule has 0 unspecified atom stereocenters. The second-order valence-corrected chi connectivity index (χ2v) is 19.2. The first-order valence-electron chi connectivity index (χ1n) is 11.8. The van der Waals surface area contributed by atoms with E-state index >= 15 is 0 Å². The molecule has 0 saturated carbocycles. The lowest BCUT2D eigenvalue weighted by atomic mass is 10.1. The molecular weight excluding hydrogens is 685 g/mol. The van der Waals surface area contributed by atoms with E-state index < -0.39 is 0 Å². The lowest BCUT2D eigenvalue weighted by molar-refractivity contribution is 1.48. The number of rotatable bonds is 8. The van der Waals surface area contributed by atoms with Gasteiger partial charge in [0.15, 0.2) is 9.66 Å². The summed E-state index contributed by atoms with van der Waals surface area (Å²) >= 11 is 18.2. The van der Waals surface area contributed by atoms with Crippen LogP contribution in [0.1, 0.15) is 11.1 Å². The summed E-state index contributed by atoms with van der Waals surface area (Å²) in [5, 5.41) is 2.05. The monoisotopic (exact) mass is 706 g/mol. The van der Waals surface area contributed by atoms with E-state index in [0.29, 0.717) is 0 Å². The molecular formula is C28H22N2S10. The van der Waals surface area contributed by atoms with Gasteiger partial charge in [-0.25, -0.2) is 9.97 Å². The summed E-state index contributed by atoms with van der Waals surface area (Å²) in [6.45, 7) is 0. The number of nitrogens with zero attached hydrogens (tertiary/aromatic N) is 2. The summed E-state index contributed by atoms with van der Waals surface area (Å²) in [6.07, 6.45) is 13.2. The van der Waals surface area contributed by atoms with Gasteiger partial charge in [0, 0.05) is 11.1 Å². The number of benzene rings is 2. The molecule has 0 spiro atoms. The van der Waals surface area contributed by atoms with E-state index in [2.05, 4.69) is 85.7 Å². The molecule has 0 aliphatic carbocycles. The van der Waals surface area contributed by atoms with Crippen molar-refractivity contribution in [3.8, 4) is 21.1 Å². The predicted molar refractivity (Wildman–Crippen MR) is 201 cm³/mol. The summed E-state index contributed by atoms with van der Waals surface area (Å²) in [7, 11) is 0. The fourth-order valence-electron chi connectivity index (χ4n) is 3.88. The minimum atomic E-state index is 1.00. The minimum absolute atomic E-state index is 1.00. The highest BCUT2D eigenvalue weighted by atomic mass is 32.3. The average molecular weight is 707 g/mol. The Morgan fingerprint density at radius 1 is 0.550 bits per heavy atom. The zero-order chi connectivity index (χ0) is 27.6. The number of thiazole rings is 2. The molecule has 2 aliphatic rings. The first kappa shape index (κ1) is 29.8. The van der Waals surface area contributed by atoms with Gasteiger partial charge in [-0.05, 0) is 60.4 Å². The fourth-order valence-corrected chi connectivity index (χ4v) is 15.8. The zero-order valence-corrected chi connectivity index (χ0v) is 29.9. The molecule has 40 heavy (non-hydrogen) atoms. The zero-order valence-electron chi connectivity index (χ0n) is 21.8. The molecule has 0 bridgehead atoms. The second kappa shape index (κ2) is 13.6. The van der Waals surface area contributed by atoms with E-state index in [4.69, 9.17) is 9.97 Å². The molecule has 0 N–H and O–H groups in total. The van der Waals surface area contributed by atoms with E-state index in [-0.39, 0.29) is 0 Å². The highest BCUT2D eigenvalue weighted by Gasteiger charge is 2.21. The fraction of sp³-hybridized carbons (Fsp3) is 0.143. The first-order valence-corrected chi connectivity index (χ1v) is 21.6. The number of hydrogen-bond donors (Lipinski definition) is 0. The van der Waals surface area contributed by atoms with Crippen molar-refractivity contribution < 1.29 is 0 Å². The summed E-state index contributed by atoms with van der Waals surface area (Å²) in [5.41, 5.74) is 4.70. The molecule has 0 fully saturated rings. The van der Waals surface area contributed by atoms with E-state index in [0.717, 1.165) is 30.8 Å². The van der Waals surface area contributed by atoms with Gasteiger partial charge in [-0.3, -0.25) is 0 Å². The summed E-state index contributed by atoms with van der Waals surface area (Å²) < 4.78 is 8.23. The van der Waals surface area contributed by atoms with Crippen LogP contribution in [-0.2, 0) is 0 Å². The quantitative estimate of drug-likeness (QED) is 0.176. The molecule has 2 aliphatic heterocycles. The highest BCUT2D eigenvalue weighted by molar-refractivity contribution is 8.41.